The van der Waals surface area contributed by atoms with Gasteiger partial charge in [0.15, 0.2) is 12.6 Å². The van der Waals surface area contributed by atoms with Gasteiger partial charge in [-0.2, -0.15) is 0 Å². The predicted octanol–water partition coefficient (Wildman–Crippen LogP) is 0.460. The summed E-state index contributed by atoms with van der Waals surface area (Å²) in [5, 5.41) is 6.38. The lowest BCUT2D eigenvalue weighted by Crippen LogP contribution is -3.15. The molecular formula is C15H21ClN3O2+. The third kappa shape index (κ3) is 5.02. The molecule has 0 radical (unpaired) electrons. The molecule has 0 heterocycles. The first-order valence-corrected chi connectivity index (χ1v) is 7.51. The monoisotopic (exact) mass is 310 g/mol. The minimum Gasteiger partial charge on any atom is -0.348 e. The summed E-state index contributed by atoms with van der Waals surface area (Å²) in [5.74, 6) is -0.116. The third-order valence-electron chi connectivity index (χ3n) is 3.62. The number of anilines is 1. The lowest BCUT2D eigenvalue weighted by Gasteiger charge is -2.20. The second kappa shape index (κ2) is 6.91. The topological polar surface area (TPSA) is 62.6 Å². The lowest BCUT2D eigenvalue weighted by molar-refractivity contribution is -0.885. The average Bonchev–Trinajstić information content (AvgIpc) is 3.24. The second-order valence-corrected chi connectivity index (χ2v) is 6.02. The number of carbonyl (C=O) groups excluding carboxylic acids is 2. The van der Waals surface area contributed by atoms with Gasteiger partial charge in [0.1, 0.15) is 0 Å². The summed E-state index contributed by atoms with van der Waals surface area (Å²) in [6.07, 6.45) is 2.13. The van der Waals surface area contributed by atoms with Gasteiger partial charge >= 0.3 is 0 Å². The van der Waals surface area contributed by atoms with E-state index in [9.17, 15) is 9.59 Å². The molecular weight excluding hydrogens is 290 g/mol. The molecule has 2 amide bonds. The third-order valence-corrected chi connectivity index (χ3v) is 3.88. The van der Waals surface area contributed by atoms with Crippen molar-refractivity contribution in [3.63, 3.8) is 0 Å². The van der Waals surface area contributed by atoms with E-state index < -0.39 is 0 Å². The van der Waals surface area contributed by atoms with Crippen LogP contribution in [-0.4, -0.2) is 37.5 Å². The predicted molar refractivity (Wildman–Crippen MR) is 82.5 cm³/mol. The molecule has 0 aromatic heterocycles. The van der Waals surface area contributed by atoms with Gasteiger partial charge < -0.3 is 15.5 Å². The fraction of sp³-hybridized carbons (Fsp3) is 0.467. The normalized spacial score (nSPS) is 16.9. The molecule has 1 aliphatic carbocycles. The van der Waals surface area contributed by atoms with Crippen molar-refractivity contribution in [2.45, 2.75) is 31.8 Å². The SMILES string of the molecule is C[C@H](C(=O)NC1CC1)[NH+](C)CC(=O)Nc1ccc(Cl)cc1. The van der Waals surface area contributed by atoms with Crippen molar-refractivity contribution in [1.82, 2.24) is 5.32 Å². The summed E-state index contributed by atoms with van der Waals surface area (Å²) < 4.78 is 0. The maximum Gasteiger partial charge on any atom is 0.279 e. The molecule has 5 nitrogen and oxygen atoms in total. The molecule has 1 aromatic rings. The number of carbonyl (C=O) groups is 2. The largest absolute Gasteiger partial charge is 0.348 e. The highest BCUT2D eigenvalue weighted by molar-refractivity contribution is 6.30. The molecule has 1 aromatic carbocycles. The molecule has 2 rings (SSSR count). The Morgan fingerprint density at radius 3 is 2.52 bits per heavy atom. The molecule has 1 fully saturated rings. The minimum atomic E-state index is -0.249. The zero-order chi connectivity index (χ0) is 15.4. The molecule has 3 N–H and O–H groups in total. The minimum absolute atomic E-state index is 0.00860. The van der Waals surface area contributed by atoms with Crippen LogP contribution in [0.5, 0.6) is 0 Å². The Morgan fingerprint density at radius 2 is 1.95 bits per heavy atom. The van der Waals surface area contributed by atoms with Gasteiger partial charge in [-0.25, -0.2) is 0 Å². The van der Waals surface area contributed by atoms with Crippen molar-refractivity contribution in [2.24, 2.45) is 0 Å². The van der Waals surface area contributed by atoms with E-state index in [1.807, 2.05) is 14.0 Å². The van der Waals surface area contributed by atoms with E-state index in [4.69, 9.17) is 11.6 Å². The Bertz CT molecular complexity index is 514. The van der Waals surface area contributed by atoms with E-state index in [0.29, 0.717) is 16.8 Å². The maximum atomic E-state index is 12.0. The molecule has 21 heavy (non-hydrogen) atoms. The molecule has 2 atom stereocenters. The van der Waals surface area contributed by atoms with Crippen molar-refractivity contribution >= 4 is 29.1 Å². The van der Waals surface area contributed by atoms with E-state index in [-0.39, 0.29) is 24.4 Å². The standard InChI is InChI=1S/C15H20ClN3O2/c1-10(15(21)18-13-7-8-13)19(2)9-14(20)17-12-5-3-11(16)4-6-12/h3-6,10,13H,7-9H2,1-2H3,(H,17,20)(H,18,21)/p+1/t10-/m1/s1. The van der Waals surface area contributed by atoms with Gasteiger partial charge in [0.25, 0.3) is 11.8 Å². The van der Waals surface area contributed by atoms with Crippen LogP contribution in [0.15, 0.2) is 24.3 Å². The number of rotatable bonds is 6. The number of halogens is 1. The number of hydrogen-bond donors (Lipinski definition) is 3. The van der Waals surface area contributed by atoms with Crippen LogP contribution in [0.2, 0.25) is 5.02 Å². The van der Waals surface area contributed by atoms with E-state index in [1.54, 1.807) is 24.3 Å². The summed E-state index contributed by atoms with van der Waals surface area (Å²) in [4.78, 5) is 24.8. The number of nitrogens with one attached hydrogen (secondary N) is 3. The Morgan fingerprint density at radius 1 is 1.33 bits per heavy atom. The highest BCUT2D eigenvalue weighted by Crippen LogP contribution is 2.18. The Kier molecular flexibility index (Phi) is 5.20. The molecule has 1 saturated carbocycles. The molecule has 114 valence electrons. The van der Waals surface area contributed by atoms with Gasteiger partial charge in [-0.1, -0.05) is 11.6 Å². The van der Waals surface area contributed by atoms with Crippen molar-refractivity contribution in [3.05, 3.63) is 29.3 Å². The zero-order valence-corrected chi connectivity index (χ0v) is 13.0. The summed E-state index contributed by atoms with van der Waals surface area (Å²) in [6, 6.07) is 7.04. The van der Waals surface area contributed by atoms with Crippen molar-refractivity contribution in [1.29, 1.82) is 0 Å². The van der Waals surface area contributed by atoms with Gasteiger partial charge in [-0.15, -0.1) is 0 Å². The Labute approximate surface area is 129 Å². The smallest absolute Gasteiger partial charge is 0.279 e. The van der Waals surface area contributed by atoms with E-state index >= 15 is 0 Å². The van der Waals surface area contributed by atoms with Gasteiger partial charge in [0, 0.05) is 16.8 Å². The van der Waals surface area contributed by atoms with Crippen molar-refractivity contribution in [3.8, 4) is 0 Å². The first kappa shape index (κ1) is 15.8. The molecule has 0 aliphatic heterocycles. The fourth-order valence-electron chi connectivity index (χ4n) is 1.92. The summed E-state index contributed by atoms with van der Waals surface area (Å²) in [5.41, 5.74) is 0.701. The fourth-order valence-corrected chi connectivity index (χ4v) is 2.05. The number of benzene rings is 1. The van der Waals surface area contributed by atoms with Crippen LogP contribution in [0.25, 0.3) is 0 Å². The summed E-state index contributed by atoms with van der Waals surface area (Å²) in [6.45, 7) is 2.07. The molecule has 0 bridgehead atoms. The van der Waals surface area contributed by atoms with Crippen LogP contribution in [0.1, 0.15) is 19.8 Å². The first-order chi connectivity index (χ1) is 9.95. The lowest BCUT2D eigenvalue weighted by atomic mass is 10.2. The van der Waals surface area contributed by atoms with E-state index in [0.717, 1.165) is 17.7 Å². The number of amides is 2. The van der Waals surface area contributed by atoms with Crippen LogP contribution in [0.4, 0.5) is 5.69 Å². The Balaban J connectivity index is 1.80. The van der Waals surface area contributed by atoms with Gasteiger partial charge in [0.05, 0.1) is 7.05 Å². The Hall–Kier alpha value is -1.59. The van der Waals surface area contributed by atoms with Crippen LogP contribution >= 0.6 is 11.6 Å². The van der Waals surface area contributed by atoms with Crippen molar-refractivity contribution in [2.75, 3.05) is 18.9 Å². The van der Waals surface area contributed by atoms with Gasteiger partial charge in [-0.3, -0.25) is 9.59 Å². The molecule has 6 heteroatoms. The summed E-state index contributed by atoms with van der Waals surface area (Å²) in [7, 11) is 1.85. The molecule has 1 aliphatic rings. The highest BCUT2D eigenvalue weighted by Gasteiger charge is 2.29. The van der Waals surface area contributed by atoms with Crippen molar-refractivity contribution < 1.29 is 14.5 Å². The van der Waals surface area contributed by atoms with Crippen LogP contribution in [0, 0.1) is 0 Å². The van der Waals surface area contributed by atoms with Crippen LogP contribution in [-0.2, 0) is 9.59 Å². The summed E-state index contributed by atoms with van der Waals surface area (Å²) >= 11 is 5.79. The van der Waals surface area contributed by atoms with Crippen LogP contribution < -0.4 is 15.5 Å². The first-order valence-electron chi connectivity index (χ1n) is 7.14. The zero-order valence-electron chi connectivity index (χ0n) is 12.3. The number of quaternary nitrogens is 1. The molecule has 1 unspecified atom stereocenters. The average molecular weight is 311 g/mol. The molecule has 0 spiro atoms. The maximum absolute atomic E-state index is 12.0. The highest BCUT2D eigenvalue weighted by atomic mass is 35.5. The second-order valence-electron chi connectivity index (χ2n) is 5.58. The van der Waals surface area contributed by atoms with E-state index in [1.165, 1.54) is 0 Å². The van der Waals surface area contributed by atoms with E-state index in [2.05, 4.69) is 10.6 Å². The quantitative estimate of drug-likeness (QED) is 0.715. The van der Waals surface area contributed by atoms with Crippen LogP contribution in [0.3, 0.4) is 0 Å². The van der Waals surface area contributed by atoms with Gasteiger partial charge in [-0.05, 0) is 44.0 Å². The molecule has 0 saturated heterocycles. The number of likely N-dealkylation sites (N-methyl/N-ethyl adjacent to an activating group) is 1. The van der Waals surface area contributed by atoms with Gasteiger partial charge in [0.2, 0.25) is 0 Å². The number of hydrogen-bond acceptors (Lipinski definition) is 2.